The topological polar surface area (TPSA) is 24.9 Å². The van der Waals surface area contributed by atoms with Crippen LogP contribution in [-0.2, 0) is 0 Å². The summed E-state index contributed by atoms with van der Waals surface area (Å²) in [5.74, 6) is 1.83. The first-order valence-corrected chi connectivity index (χ1v) is 7.54. The van der Waals surface area contributed by atoms with Crippen molar-refractivity contribution in [2.45, 2.75) is 13.3 Å². The smallest absolute Gasteiger partial charge is 0.119 e. The van der Waals surface area contributed by atoms with Crippen molar-refractivity contribution < 1.29 is 9.47 Å². The summed E-state index contributed by atoms with van der Waals surface area (Å²) < 4.78 is 11.3. The molecule has 0 aromatic heterocycles. The van der Waals surface area contributed by atoms with Crippen molar-refractivity contribution in [3.05, 3.63) is 24.3 Å². The summed E-state index contributed by atoms with van der Waals surface area (Å²) in [6.45, 7) is 9.22. The summed E-state index contributed by atoms with van der Waals surface area (Å²) >= 11 is 0. The van der Waals surface area contributed by atoms with Gasteiger partial charge in [-0.25, -0.2) is 0 Å². The van der Waals surface area contributed by atoms with Crippen molar-refractivity contribution in [1.29, 1.82) is 0 Å². The van der Waals surface area contributed by atoms with E-state index in [4.69, 9.17) is 9.47 Å². The average molecular weight is 278 g/mol. The monoisotopic (exact) mass is 278 g/mol. The Morgan fingerprint density at radius 2 is 1.45 bits per heavy atom. The second-order valence-corrected chi connectivity index (χ2v) is 5.31. The summed E-state index contributed by atoms with van der Waals surface area (Å²) in [4.78, 5) is 4.82. The maximum absolute atomic E-state index is 5.78. The van der Waals surface area contributed by atoms with E-state index in [0.29, 0.717) is 0 Å². The van der Waals surface area contributed by atoms with Crippen LogP contribution in [0.5, 0.6) is 11.5 Å². The second kappa shape index (κ2) is 8.12. The molecule has 0 spiro atoms. The van der Waals surface area contributed by atoms with E-state index in [0.717, 1.165) is 63.9 Å². The third kappa shape index (κ3) is 5.02. The van der Waals surface area contributed by atoms with Gasteiger partial charge in [-0.05, 0) is 37.7 Å². The van der Waals surface area contributed by atoms with Crippen molar-refractivity contribution in [3.63, 3.8) is 0 Å². The van der Waals surface area contributed by atoms with E-state index in [1.807, 2.05) is 24.3 Å². The van der Waals surface area contributed by atoms with Gasteiger partial charge in [0, 0.05) is 32.7 Å². The highest BCUT2D eigenvalue weighted by Crippen LogP contribution is 2.17. The Morgan fingerprint density at radius 3 is 2.00 bits per heavy atom. The van der Waals surface area contributed by atoms with Crippen LogP contribution >= 0.6 is 0 Å². The van der Waals surface area contributed by atoms with Crippen LogP contribution in [0.4, 0.5) is 0 Å². The van der Waals surface area contributed by atoms with Gasteiger partial charge in [-0.1, -0.05) is 6.92 Å². The molecule has 4 heteroatoms. The molecule has 0 amide bonds. The first kappa shape index (κ1) is 15.1. The third-order valence-electron chi connectivity index (χ3n) is 3.57. The highest BCUT2D eigenvalue weighted by molar-refractivity contribution is 5.31. The van der Waals surface area contributed by atoms with Crippen molar-refractivity contribution in [2.75, 3.05) is 53.0 Å². The fraction of sp³-hybridized carbons (Fsp3) is 0.625. The van der Waals surface area contributed by atoms with Gasteiger partial charge in [-0.15, -0.1) is 0 Å². The molecule has 0 radical (unpaired) electrons. The van der Waals surface area contributed by atoms with Crippen LogP contribution < -0.4 is 9.47 Å². The summed E-state index contributed by atoms with van der Waals surface area (Å²) in [7, 11) is 2.18. The van der Waals surface area contributed by atoms with Crippen LogP contribution in [0.1, 0.15) is 13.3 Å². The van der Waals surface area contributed by atoms with Gasteiger partial charge >= 0.3 is 0 Å². The molecule has 0 saturated carbocycles. The maximum Gasteiger partial charge on any atom is 0.119 e. The molecule has 0 N–H and O–H groups in total. The van der Waals surface area contributed by atoms with Crippen LogP contribution in [0.15, 0.2) is 24.3 Å². The predicted octanol–water partition coefficient (Wildman–Crippen LogP) is 2.10. The average Bonchev–Trinajstić information content (AvgIpc) is 2.48. The molecule has 1 aliphatic heterocycles. The molecule has 1 aromatic carbocycles. The number of nitrogens with zero attached hydrogens (tertiary/aromatic N) is 2. The van der Waals surface area contributed by atoms with E-state index in [1.54, 1.807) is 0 Å². The van der Waals surface area contributed by atoms with Gasteiger partial charge in [0.15, 0.2) is 0 Å². The van der Waals surface area contributed by atoms with Crippen LogP contribution in [0.3, 0.4) is 0 Å². The molecule has 1 heterocycles. The molecule has 2 rings (SSSR count). The lowest BCUT2D eigenvalue weighted by molar-refractivity contribution is 0.133. The van der Waals surface area contributed by atoms with Crippen LogP contribution in [0.2, 0.25) is 0 Å². The number of ether oxygens (including phenoxy) is 2. The zero-order valence-electron chi connectivity index (χ0n) is 12.7. The molecule has 20 heavy (non-hydrogen) atoms. The van der Waals surface area contributed by atoms with Gasteiger partial charge in [-0.2, -0.15) is 0 Å². The van der Waals surface area contributed by atoms with Gasteiger partial charge in [-0.3, -0.25) is 4.90 Å². The van der Waals surface area contributed by atoms with Gasteiger partial charge in [0.05, 0.1) is 6.61 Å². The lowest BCUT2D eigenvalue weighted by atomic mass is 10.3. The summed E-state index contributed by atoms with van der Waals surface area (Å²) in [5.41, 5.74) is 0. The molecule has 0 aliphatic carbocycles. The second-order valence-electron chi connectivity index (χ2n) is 5.31. The van der Waals surface area contributed by atoms with Crippen molar-refractivity contribution >= 4 is 0 Å². The Labute approximate surface area is 122 Å². The molecule has 0 bridgehead atoms. The van der Waals surface area contributed by atoms with E-state index in [9.17, 15) is 0 Å². The molecule has 0 atom stereocenters. The van der Waals surface area contributed by atoms with Crippen molar-refractivity contribution in [3.8, 4) is 11.5 Å². The number of benzene rings is 1. The first-order valence-electron chi connectivity index (χ1n) is 7.54. The molecular formula is C16H26N2O2. The standard InChI is InChI=1S/C16H26N2O2/c1-3-13-19-15-4-6-16(7-5-15)20-14-12-18-10-8-17(2)9-11-18/h4-7H,3,8-14H2,1-2H3. The van der Waals surface area contributed by atoms with Gasteiger partial charge in [0.1, 0.15) is 18.1 Å². The fourth-order valence-electron chi connectivity index (χ4n) is 2.22. The quantitative estimate of drug-likeness (QED) is 0.762. The SMILES string of the molecule is CCCOc1ccc(OCCN2CCN(C)CC2)cc1. The fourth-order valence-corrected chi connectivity index (χ4v) is 2.22. The van der Waals surface area contributed by atoms with Crippen LogP contribution in [0, 0.1) is 0 Å². The van der Waals surface area contributed by atoms with Crippen LogP contribution in [-0.4, -0.2) is 62.8 Å². The lowest BCUT2D eigenvalue weighted by Gasteiger charge is -2.32. The molecule has 1 aromatic rings. The molecule has 4 nitrogen and oxygen atoms in total. The van der Waals surface area contributed by atoms with E-state index >= 15 is 0 Å². The molecule has 1 fully saturated rings. The minimum absolute atomic E-state index is 0.749. The number of hydrogen-bond acceptors (Lipinski definition) is 4. The highest BCUT2D eigenvalue weighted by atomic mass is 16.5. The summed E-state index contributed by atoms with van der Waals surface area (Å²) in [6, 6.07) is 7.91. The molecular weight excluding hydrogens is 252 g/mol. The minimum atomic E-state index is 0.749. The van der Waals surface area contributed by atoms with Gasteiger partial charge in [0.2, 0.25) is 0 Å². The van der Waals surface area contributed by atoms with Crippen LogP contribution in [0.25, 0.3) is 0 Å². The first-order chi connectivity index (χ1) is 9.78. The number of likely N-dealkylation sites (N-methyl/N-ethyl adjacent to an activating group) is 1. The minimum Gasteiger partial charge on any atom is -0.494 e. The Hall–Kier alpha value is -1.26. The van der Waals surface area contributed by atoms with E-state index in [1.165, 1.54) is 0 Å². The normalized spacial score (nSPS) is 17.1. The Kier molecular flexibility index (Phi) is 6.15. The van der Waals surface area contributed by atoms with Gasteiger partial charge in [0.25, 0.3) is 0 Å². The molecule has 1 aliphatic rings. The molecule has 0 unspecified atom stereocenters. The zero-order valence-corrected chi connectivity index (χ0v) is 12.7. The number of piperazine rings is 1. The molecule has 1 saturated heterocycles. The zero-order chi connectivity index (χ0) is 14.2. The Balaban J connectivity index is 1.66. The summed E-state index contributed by atoms with van der Waals surface area (Å²) in [5, 5.41) is 0. The number of rotatable bonds is 7. The summed E-state index contributed by atoms with van der Waals surface area (Å²) in [6.07, 6.45) is 1.03. The lowest BCUT2D eigenvalue weighted by Crippen LogP contribution is -2.45. The highest BCUT2D eigenvalue weighted by Gasteiger charge is 2.13. The molecule has 112 valence electrons. The number of hydrogen-bond donors (Lipinski definition) is 0. The van der Waals surface area contributed by atoms with Crippen molar-refractivity contribution in [1.82, 2.24) is 9.80 Å². The third-order valence-corrected chi connectivity index (χ3v) is 3.57. The van der Waals surface area contributed by atoms with Gasteiger partial charge < -0.3 is 14.4 Å². The van der Waals surface area contributed by atoms with E-state index in [-0.39, 0.29) is 0 Å². The van der Waals surface area contributed by atoms with Crippen molar-refractivity contribution in [2.24, 2.45) is 0 Å². The Bertz CT molecular complexity index is 373. The van der Waals surface area contributed by atoms with E-state index in [2.05, 4.69) is 23.8 Å². The maximum atomic E-state index is 5.78. The van der Waals surface area contributed by atoms with E-state index < -0.39 is 0 Å². The largest absolute Gasteiger partial charge is 0.494 e. The Morgan fingerprint density at radius 1 is 0.900 bits per heavy atom. The predicted molar refractivity (Wildman–Crippen MR) is 81.7 cm³/mol.